The Kier molecular flexibility index (Phi) is 6.10. The van der Waals surface area contributed by atoms with Gasteiger partial charge < -0.3 is 15.2 Å². The number of anilines is 1. The predicted octanol–water partition coefficient (Wildman–Crippen LogP) is 4.42. The largest absolute Gasteiger partial charge is 0.493 e. The van der Waals surface area contributed by atoms with Gasteiger partial charge in [-0.1, -0.05) is 12.1 Å². The molecule has 0 fully saturated rings. The van der Waals surface area contributed by atoms with Crippen molar-refractivity contribution in [1.82, 2.24) is 24.7 Å². The number of carbonyl (C=O) groups is 1. The van der Waals surface area contributed by atoms with Crippen LogP contribution < -0.4 is 10.1 Å². The lowest BCUT2D eigenvalue weighted by molar-refractivity contribution is -0.137. The molecule has 5 aromatic rings. The number of hydrogen-bond donors (Lipinski definition) is 2. The average Bonchev–Trinajstić information content (AvgIpc) is 3.34. The second kappa shape index (κ2) is 9.85. The van der Waals surface area contributed by atoms with E-state index in [1.165, 1.54) is 0 Å². The minimum Gasteiger partial charge on any atom is -0.493 e. The van der Waals surface area contributed by atoms with Crippen LogP contribution in [0.5, 0.6) is 5.75 Å². The van der Waals surface area contributed by atoms with E-state index >= 15 is 0 Å². The van der Waals surface area contributed by atoms with Gasteiger partial charge in [0.1, 0.15) is 11.8 Å². The smallest absolute Gasteiger partial charge is 0.305 e. The van der Waals surface area contributed by atoms with E-state index in [-0.39, 0.29) is 6.42 Å². The molecule has 0 spiro atoms. The number of carboxylic acid groups (broad SMARTS) is 1. The van der Waals surface area contributed by atoms with E-state index in [0.717, 1.165) is 58.6 Å². The fourth-order valence-corrected chi connectivity index (χ4v) is 4.77. The molecule has 0 saturated heterocycles. The van der Waals surface area contributed by atoms with Gasteiger partial charge in [0.15, 0.2) is 0 Å². The molecule has 0 unspecified atom stereocenters. The van der Waals surface area contributed by atoms with E-state index in [1.54, 1.807) is 17.1 Å². The average molecular weight is 495 g/mol. The number of aryl methyl sites for hydroxylation is 1. The highest BCUT2D eigenvalue weighted by Crippen LogP contribution is 2.28. The highest BCUT2D eigenvalue weighted by atomic mass is 16.5. The van der Waals surface area contributed by atoms with Gasteiger partial charge in [0.25, 0.3) is 0 Å². The lowest BCUT2D eigenvalue weighted by atomic mass is 10.1. The Bertz CT molecular complexity index is 1600. The number of hydrogen-bond acceptors (Lipinski definition) is 7. The number of ether oxygens (including phenoxy) is 1. The third-order valence-corrected chi connectivity index (χ3v) is 6.60. The first-order chi connectivity index (χ1) is 18.1. The summed E-state index contributed by atoms with van der Waals surface area (Å²) in [7, 11) is 0. The molecule has 4 heterocycles. The molecule has 1 aliphatic heterocycles. The molecule has 6 rings (SSSR count). The van der Waals surface area contributed by atoms with Gasteiger partial charge in [-0.25, -0.2) is 4.98 Å². The van der Waals surface area contributed by atoms with Gasteiger partial charge in [0.2, 0.25) is 0 Å². The number of aromatic nitrogens is 5. The summed E-state index contributed by atoms with van der Waals surface area (Å²) in [5.74, 6) is -0.206. The predicted molar refractivity (Wildman–Crippen MR) is 140 cm³/mol. The summed E-state index contributed by atoms with van der Waals surface area (Å²) in [6.45, 7) is 1.51. The van der Waals surface area contributed by atoms with Crippen LogP contribution in [0.4, 0.5) is 5.69 Å². The van der Waals surface area contributed by atoms with Crippen LogP contribution in [0.3, 0.4) is 0 Å². The molecular weight excluding hydrogens is 468 g/mol. The molecule has 0 aliphatic carbocycles. The van der Waals surface area contributed by atoms with Gasteiger partial charge in [-0.15, -0.1) is 0 Å². The Hall–Kier alpha value is -4.53. The minimum atomic E-state index is -0.935. The molecule has 9 heteroatoms. The molecule has 0 bridgehead atoms. The van der Waals surface area contributed by atoms with Crippen LogP contribution in [0.25, 0.3) is 21.9 Å². The van der Waals surface area contributed by atoms with Gasteiger partial charge in [-0.2, -0.15) is 5.10 Å². The Morgan fingerprint density at radius 1 is 1.08 bits per heavy atom. The summed E-state index contributed by atoms with van der Waals surface area (Å²) >= 11 is 0. The zero-order chi connectivity index (χ0) is 25.2. The number of aliphatic carboxylic acids is 1. The van der Waals surface area contributed by atoms with Crippen molar-refractivity contribution in [3.8, 4) is 5.75 Å². The Balaban J connectivity index is 1.21. The van der Waals surface area contributed by atoms with Crippen molar-refractivity contribution in [2.24, 2.45) is 0 Å². The molecule has 2 aromatic carbocycles. The molecule has 3 aromatic heterocycles. The topological polar surface area (TPSA) is 115 Å². The summed E-state index contributed by atoms with van der Waals surface area (Å²) in [5.41, 5.74) is 6.11. The summed E-state index contributed by atoms with van der Waals surface area (Å²) in [6.07, 6.45) is 6.02. The Morgan fingerprint density at radius 2 is 1.97 bits per heavy atom. The maximum Gasteiger partial charge on any atom is 0.305 e. The highest BCUT2D eigenvalue weighted by molar-refractivity contribution is 5.81. The van der Waals surface area contributed by atoms with Crippen molar-refractivity contribution in [3.63, 3.8) is 0 Å². The fraction of sp³-hybridized carbons (Fsp3) is 0.250. The molecule has 1 atom stereocenters. The number of fused-ring (bicyclic) bond motifs is 3. The second-order valence-electron chi connectivity index (χ2n) is 9.13. The van der Waals surface area contributed by atoms with Crippen molar-refractivity contribution in [1.29, 1.82) is 0 Å². The zero-order valence-corrected chi connectivity index (χ0v) is 20.2. The van der Waals surface area contributed by atoms with E-state index in [1.807, 2.05) is 48.5 Å². The van der Waals surface area contributed by atoms with Gasteiger partial charge in [-0.05, 0) is 55.3 Å². The molecule has 9 nitrogen and oxygen atoms in total. The quantitative estimate of drug-likeness (QED) is 0.326. The molecule has 37 heavy (non-hydrogen) atoms. The molecule has 0 radical (unpaired) electrons. The van der Waals surface area contributed by atoms with Gasteiger partial charge >= 0.3 is 5.97 Å². The Labute approximate surface area is 213 Å². The molecule has 2 N–H and O–H groups in total. The van der Waals surface area contributed by atoms with Crippen LogP contribution in [0.1, 0.15) is 36.0 Å². The summed E-state index contributed by atoms with van der Waals surface area (Å²) in [5, 5.41) is 18.4. The van der Waals surface area contributed by atoms with Crippen molar-refractivity contribution < 1.29 is 14.6 Å². The van der Waals surface area contributed by atoms with Crippen molar-refractivity contribution in [2.75, 3.05) is 18.5 Å². The van der Waals surface area contributed by atoms with Gasteiger partial charge in [0.05, 0.1) is 59.0 Å². The fourth-order valence-electron chi connectivity index (χ4n) is 4.77. The van der Waals surface area contributed by atoms with Crippen LogP contribution >= 0.6 is 0 Å². The van der Waals surface area contributed by atoms with Crippen LogP contribution in [0, 0.1) is 0 Å². The highest BCUT2D eigenvalue weighted by Gasteiger charge is 2.23. The van der Waals surface area contributed by atoms with Crippen LogP contribution in [0.2, 0.25) is 0 Å². The Morgan fingerprint density at radius 3 is 2.86 bits per heavy atom. The molecule has 1 aliphatic rings. The molecule has 0 amide bonds. The third-order valence-electron chi connectivity index (χ3n) is 6.60. The molecular formula is C28H26N6O3. The first-order valence-corrected chi connectivity index (χ1v) is 12.4. The maximum atomic E-state index is 11.7. The first-order valence-electron chi connectivity index (χ1n) is 12.4. The number of benzene rings is 2. The molecule has 0 saturated carbocycles. The van der Waals surface area contributed by atoms with Crippen LogP contribution in [-0.4, -0.2) is 49.0 Å². The lowest BCUT2D eigenvalue weighted by Gasteiger charge is -2.17. The SMILES string of the molecule is O=C(O)C[C@H](c1cnc2ccccc2n1)n1ncc2cc(OCCc3ccc4c(n3)CCCN4)ccc21. The zero-order valence-electron chi connectivity index (χ0n) is 20.2. The second-order valence-corrected chi connectivity index (χ2v) is 9.13. The first kappa shape index (κ1) is 22.9. The van der Waals surface area contributed by atoms with Crippen LogP contribution in [0.15, 0.2) is 67.0 Å². The van der Waals surface area contributed by atoms with Crippen molar-refractivity contribution in [2.45, 2.75) is 31.7 Å². The number of rotatable bonds is 8. The van der Waals surface area contributed by atoms with Gasteiger partial charge in [-0.3, -0.25) is 19.4 Å². The third kappa shape index (κ3) is 4.80. The van der Waals surface area contributed by atoms with Gasteiger partial charge in [0, 0.05) is 24.0 Å². The number of para-hydroxylation sites is 2. The number of nitrogens with one attached hydrogen (secondary N) is 1. The van der Waals surface area contributed by atoms with E-state index in [9.17, 15) is 9.90 Å². The monoisotopic (exact) mass is 494 g/mol. The summed E-state index contributed by atoms with van der Waals surface area (Å²) < 4.78 is 7.73. The van der Waals surface area contributed by atoms with E-state index in [4.69, 9.17) is 9.72 Å². The standard InChI is InChI=1S/C28H26N6O3/c35-28(36)15-27(25-17-30-21-4-1-2-5-24(21)33-25)34-26-10-8-20(14-18(26)16-31-34)37-13-11-19-7-9-22-23(32-19)6-3-12-29-22/h1-2,4-5,7-10,14,16-17,27,29H,3,6,11-13,15H2,(H,35,36)/t27-/m1/s1. The lowest BCUT2D eigenvalue weighted by Crippen LogP contribution is -2.18. The summed E-state index contributed by atoms with van der Waals surface area (Å²) in [4.78, 5) is 25.7. The van der Waals surface area contributed by atoms with E-state index < -0.39 is 12.0 Å². The van der Waals surface area contributed by atoms with Crippen LogP contribution in [-0.2, 0) is 17.6 Å². The number of nitrogens with zero attached hydrogens (tertiary/aromatic N) is 5. The normalized spacial score (nSPS) is 13.7. The minimum absolute atomic E-state index is 0.161. The van der Waals surface area contributed by atoms with Crippen molar-refractivity contribution >= 4 is 33.6 Å². The number of carboxylic acids is 1. The number of pyridine rings is 1. The molecule has 186 valence electrons. The summed E-state index contributed by atoms with van der Waals surface area (Å²) in [6, 6.07) is 16.8. The van der Waals surface area contributed by atoms with E-state index in [0.29, 0.717) is 24.2 Å². The maximum absolute atomic E-state index is 11.7. The van der Waals surface area contributed by atoms with E-state index in [2.05, 4.69) is 26.4 Å². The van der Waals surface area contributed by atoms with Crippen molar-refractivity contribution in [3.05, 3.63) is 84.1 Å².